The smallest absolute Gasteiger partial charge is 0.224 e. The molecule has 6 rings (SSSR count). The van der Waals surface area contributed by atoms with Gasteiger partial charge in [0.2, 0.25) is 5.79 Å². The maximum absolute atomic E-state index is 14.3. The lowest BCUT2D eigenvalue weighted by molar-refractivity contribution is -0.291. The Bertz CT molecular complexity index is 1280. The number of ketones is 2. The van der Waals surface area contributed by atoms with Gasteiger partial charge in [-0.3, -0.25) is 9.59 Å². The van der Waals surface area contributed by atoms with Crippen molar-refractivity contribution >= 4 is 11.6 Å². The van der Waals surface area contributed by atoms with Gasteiger partial charge in [-0.15, -0.1) is 0 Å². The molecule has 0 amide bonds. The maximum atomic E-state index is 14.3. The van der Waals surface area contributed by atoms with Crippen molar-refractivity contribution in [2.45, 2.75) is 91.5 Å². The number of carbonyl (C=O) groups excluding carboxylic acids is 2. The lowest BCUT2D eigenvalue weighted by atomic mass is 9.54. The van der Waals surface area contributed by atoms with Crippen molar-refractivity contribution in [2.75, 3.05) is 0 Å². The summed E-state index contributed by atoms with van der Waals surface area (Å²) < 4.78 is 14.3. The second kappa shape index (κ2) is 7.66. The van der Waals surface area contributed by atoms with E-state index >= 15 is 0 Å². The number of hydrogen-bond donors (Lipinski definition) is 0. The number of aryl methyl sites for hydroxylation is 2. The van der Waals surface area contributed by atoms with E-state index in [2.05, 4.69) is 90.1 Å². The van der Waals surface area contributed by atoms with Crippen molar-refractivity contribution in [2.24, 2.45) is 16.2 Å². The monoisotopic (exact) mass is 498 g/mol. The Kier molecular flexibility index (Phi) is 5.09. The maximum Gasteiger partial charge on any atom is 0.224 e. The standard InChI is InChI=1S/C33H38O4/c1-21-7-11-23(12-8-21)32(24-13-9-22(2)10-14-24)20-31-15-25-26(34)16-29(3,4)17-27(25)36-33(31,37-32)19-30(5,6)18-28(31)35/h7-14H,15-20H2,1-6H3. The minimum Gasteiger partial charge on any atom is -0.465 e. The number of hydrogen-bond acceptors (Lipinski definition) is 4. The van der Waals surface area contributed by atoms with Gasteiger partial charge in [-0.25, -0.2) is 0 Å². The van der Waals surface area contributed by atoms with Crippen molar-refractivity contribution in [1.82, 2.24) is 0 Å². The molecule has 2 aromatic rings. The molecule has 0 bridgehead atoms. The lowest BCUT2D eigenvalue weighted by Gasteiger charge is -2.55. The minimum absolute atomic E-state index is 0.120. The first-order chi connectivity index (χ1) is 17.3. The highest BCUT2D eigenvalue weighted by atomic mass is 16.7. The first-order valence-corrected chi connectivity index (χ1v) is 13.6. The molecule has 4 aliphatic rings. The second-order valence-corrected chi connectivity index (χ2v) is 13.7. The van der Waals surface area contributed by atoms with E-state index in [9.17, 15) is 9.59 Å². The number of benzene rings is 2. The van der Waals surface area contributed by atoms with Crippen LogP contribution in [0.15, 0.2) is 59.9 Å². The highest BCUT2D eigenvalue weighted by molar-refractivity contribution is 5.99. The number of Topliss-reactive ketones (excluding diaryl/α,β-unsaturated/α-hetero) is 2. The molecular weight excluding hydrogens is 460 g/mol. The zero-order valence-corrected chi connectivity index (χ0v) is 23.0. The van der Waals surface area contributed by atoms with Crippen LogP contribution < -0.4 is 0 Å². The quantitative estimate of drug-likeness (QED) is 0.443. The lowest BCUT2D eigenvalue weighted by Crippen LogP contribution is -2.61. The van der Waals surface area contributed by atoms with E-state index in [4.69, 9.17) is 9.47 Å². The predicted molar refractivity (Wildman–Crippen MR) is 143 cm³/mol. The van der Waals surface area contributed by atoms with Gasteiger partial charge >= 0.3 is 0 Å². The molecule has 2 aromatic carbocycles. The third-order valence-corrected chi connectivity index (χ3v) is 9.26. The van der Waals surface area contributed by atoms with Gasteiger partial charge in [-0.1, -0.05) is 87.4 Å². The number of ether oxygens (including phenoxy) is 2. The average molecular weight is 499 g/mol. The Labute approximate surface area is 220 Å². The number of carbonyl (C=O) groups is 2. The van der Waals surface area contributed by atoms with E-state index in [0.29, 0.717) is 38.5 Å². The molecular formula is C33H38O4. The van der Waals surface area contributed by atoms with Gasteiger partial charge in [0.1, 0.15) is 22.6 Å². The molecule has 2 atom stereocenters. The average Bonchev–Trinajstić information content (AvgIpc) is 3.09. The summed E-state index contributed by atoms with van der Waals surface area (Å²) in [7, 11) is 0. The van der Waals surface area contributed by atoms with Crippen molar-refractivity contribution in [3.63, 3.8) is 0 Å². The van der Waals surface area contributed by atoms with Crippen molar-refractivity contribution in [3.05, 3.63) is 82.1 Å². The summed E-state index contributed by atoms with van der Waals surface area (Å²) in [4.78, 5) is 27.7. The Morgan fingerprint density at radius 1 is 0.676 bits per heavy atom. The van der Waals surface area contributed by atoms with Gasteiger partial charge in [0.25, 0.3) is 0 Å². The third-order valence-electron chi connectivity index (χ3n) is 9.26. The number of rotatable bonds is 2. The summed E-state index contributed by atoms with van der Waals surface area (Å²) in [6.45, 7) is 12.7. The van der Waals surface area contributed by atoms with Crippen LogP contribution in [0, 0.1) is 30.1 Å². The second-order valence-electron chi connectivity index (χ2n) is 13.7. The summed E-state index contributed by atoms with van der Waals surface area (Å²) >= 11 is 0. The van der Waals surface area contributed by atoms with E-state index in [-0.39, 0.29) is 22.4 Å². The molecule has 1 saturated heterocycles. The Morgan fingerprint density at radius 2 is 1.24 bits per heavy atom. The van der Waals surface area contributed by atoms with Crippen molar-refractivity contribution in [1.29, 1.82) is 0 Å². The van der Waals surface area contributed by atoms with Crippen LogP contribution >= 0.6 is 0 Å². The third kappa shape index (κ3) is 3.59. The molecule has 2 unspecified atom stereocenters. The fraction of sp³-hybridized carbons (Fsp3) is 0.515. The highest BCUT2D eigenvalue weighted by Crippen LogP contribution is 2.70. The molecule has 2 heterocycles. The van der Waals surface area contributed by atoms with Crippen LogP contribution in [0.1, 0.15) is 88.5 Å². The Hall–Kier alpha value is -2.72. The van der Waals surface area contributed by atoms with Crippen molar-refractivity contribution in [3.8, 4) is 0 Å². The van der Waals surface area contributed by atoms with E-state index in [1.54, 1.807) is 0 Å². The summed E-state index contributed by atoms with van der Waals surface area (Å²) in [6.07, 6.45) is 3.12. The first kappa shape index (κ1) is 24.6. The molecule has 0 spiro atoms. The molecule has 2 fully saturated rings. The molecule has 0 N–H and O–H groups in total. The molecule has 4 heteroatoms. The Morgan fingerprint density at radius 3 is 1.81 bits per heavy atom. The fourth-order valence-electron chi connectivity index (χ4n) is 7.47. The van der Waals surface area contributed by atoms with Crippen LogP contribution in [-0.4, -0.2) is 17.4 Å². The minimum atomic E-state index is -1.12. The van der Waals surface area contributed by atoms with Gasteiger partial charge in [0, 0.05) is 37.7 Å². The molecule has 4 nitrogen and oxygen atoms in total. The van der Waals surface area contributed by atoms with Crippen LogP contribution in [0.25, 0.3) is 0 Å². The molecule has 37 heavy (non-hydrogen) atoms. The fourth-order valence-corrected chi connectivity index (χ4v) is 7.47. The van der Waals surface area contributed by atoms with Gasteiger partial charge in [-0.05, 0) is 42.2 Å². The summed E-state index contributed by atoms with van der Waals surface area (Å²) in [5.41, 5.74) is 2.89. The van der Waals surface area contributed by atoms with Crippen LogP contribution in [0.5, 0.6) is 0 Å². The zero-order valence-electron chi connectivity index (χ0n) is 23.0. The van der Waals surface area contributed by atoms with Crippen LogP contribution in [0.4, 0.5) is 0 Å². The molecule has 2 aliphatic heterocycles. The highest BCUT2D eigenvalue weighted by Gasteiger charge is 2.75. The SMILES string of the molecule is Cc1ccc(C2(c3ccc(C)cc3)CC34CC5=C(CC(C)(C)CC5=O)OC3(CC(C)(C)CC4=O)O2)cc1. The van der Waals surface area contributed by atoms with Gasteiger partial charge in [0.15, 0.2) is 5.78 Å². The molecule has 194 valence electrons. The first-order valence-electron chi connectivity index (χ1n) is 13.6. The molecule has 1 saturated carbocycles. The molecule has 0 aromatic heterocycles. The van der Waals surface area contributed by atoms with Gasteiger partial charge < -0.3 is 9.47 Å². The van der Waals surface area contributed by atoms with Crippen LogP contribution in [-0.2, 0) is 24.7 Å². The van der Waals surface area contributed by atoms with Gasteiger partial charge in [0.05, 0.1) is 0 Å². The van der Waals surface area contributed by atoms with E-state index in [1.807, 2.05) is 0 Å². The number of allylic oxidation sites excluding steroid dienone is 2. The van der Waals surface area contributed by atoms with E-state index in [0.717, 1.165) is 22.5 Å². The summed E-state index contributed by atoms with van der Waals surface area (Å²) in [6, 6.07) is 16.9. The normalized spacial score (nSPS) is 31.3. The topological polar surface area (TPSA) is 52.6 Å². The molecule has 0 radical (unpaired) electrons. The van der Waals surface area contributed by atoms with Crippen LogP contribution in [0.3, 0.4) is 0 Å². The van der Waals surface area contributed by atoms with Crippen LogP contribution in [0.2, 0.25) is 0 Å². The van der Waals surface area contributed by atoms with E-state index in [1.165, 1.54) is 11.1 Å². The van der Waals surface area contributed by atoms with E-state index < -0.39 is 16.8 Å². The molecule has 2 aliphatic carbocycles. The Balaban J connectivity index is 1.59. The predicted octanol–water partition coefficient (Wildman–Crippen LogP) is 7.10. The summed E-state index contributed by atoms with van der Waals surface area (Å²) in [5, 5.41) is 0. The zero-order chi connectivity index (χ0) is 26.4. The van der Waals surface area contributed by atoms with Crippen molar-refractivity contribution < 1.29 is 19.1 Å². The van der Waals surface area contributed by atoms with Gasteiger partial charge in [-0.2, -0.15) is 0 Å². The largest absolute Gasteiger partial charge is 0.465 e. The summed E-state index contributed by atoms with van der Waals surface area (Å²) in [5.74, 6) is -0.0937.